The summed E-state index contributed by atoms with van der Waals surface area (Å²) in [6, 6.07) is 11.9. The summed E-state index contributed by atoms with van der Waals surface area (Å²) in [7, 11) is 3.08. The highest BCUT2D eigenvalue weighted by atomic mass is 35.5. The number of amides is 1. The fraction of sp³-hybridized carbons (Fsp3) is 0.118. The molecule has 0 unspecified atom stereocenters. The van der Waals surface area contributed by atoms with Crippen molar-refractivity contribution in [3.8, 4) is 22.8 Å². The van der Waals surface area contributed by atoms with Gasteiger partial charge < -0.3 is 14.8 Å². The topological polar surface area (TPSA) is 86.5 Å². The number of ether oxygens (including phenoxy) is 2. The van der Waals surface area contributed by atoms with Gasteiger partial charge in [-0.2, -0.15) is 0 Å². The van der Waals surface area contributed by atoms with E-state index in [0.29, 0.717) is 33.3 Å². The quantitative estimate of drug-likeness (QED) is 0.748. The van der Waals surface area contributed by atoms with Gasteiger partial charge in [-0.15, -0.1) is 0 Å². The predicted molar refractivity (Wildman–Crippen MR) is 92.2 cm³/mol. The van der Waals surface area contributed by atoms with Gasteiger partial charge in [0.1, 0.15) is 0 Å². The zero-order valence-corrected chi connectivity index (χ0v) is 14.2. The van der Waals surface area contributed by atoms with Crippen molar-refractivity contribution >= 4 is 23.3 Å². The summed E-state index contributed by atoms with van der Waals surface area (Å²) in [6.07, 6.45) is 0. The van der Waals surface area contributed by atoms with Gasteiger partial charge in [0.15, 0.2) is 17.2 Å². The molecular formula is C17H14ClN3O4. The molecular weight excluding hydrogens is 346 g/mol. The van der Waals surface area contributed by atoms with E-state index in [9.17, 15) is 4.79 Å². The second-order valence-electron chi connectivity index (χ2n) is 4.97. The third-order valence-corrected chi connectivity index (χ3v) is 3.83. The van der Waals surface area contributed by atoms with Crippen molar-refractivity contribution in [2.75, 3.05) is 19.5 Å². The number of aromatic nitrogens is 2. The van der Waals surface area contributed by atoms with Crippen LogP contribution in [0.5, 0.6) is 11.5 Å². The van der Waals surface area contributed by atoms with Crippen molar-refractivity contribution < 1.29 is 18.9 Å². The highest BCUT2D eigenvalue weighted by Gasteiger charge is 2.18. The van der Waals surface area contributed by atoms with Gasteiger partial charge in [0.25, 0.3) is 5.91 Å². The number of halogens is 1. The Bertz CT molecular complexity index is 910. The van der Waals surface area contributed by atoms with Crippen LogP contribution in [0.15, 0.2) is 47.1 Å². The fourth-order valence-corrected chi connectivity index (χ4v) is 2.49. The number of anilines is 1. The number of benzene rings is 2. The fourth-order valence-electron chi connectivity index (χ4n) is 2.26. The van der Waals surface area contributed by atoms with E-state index in [1.54, 1.807) is 49.6 Å². The monoisotopic (exact) mass is 359 g/mol. The van der Waals surface area contributed by atoms with E-state index in [-0.39, 0.29) is 5.82 Å². The van der Waals surface area contributed by atoms with E-state index in [1.807, 2.05) is 0 Å². The third-order valence-electron chi connectivity index (χ3n) is 3.50. The first-order valence-corrected chi connectivity index (χ1v) is 7.62. The molecule has 0 fully saturated rings. The van der Waals surface area contributed by atoms with E-state index < -0.39 is 5.91 Å². The Labute approximate surface area is 148 Å². The number of carbonyl (C=O) groups excluding carboxylic acids is 1. The first kappa shape index (κ1) is 16.8. The number of methoxy groups -OCH3 is 2. The van der Waals surface area contributed by atoms with E-state index in [1.165, 1.54) is 7.11 Å². The van der Waals surface area contributed by atoms with Crippen LogP contribution in [0, 0.1) is 0 Å². The zero-order valence-electron chi connectivity index (χ0n) is 13.4. The first-order valence-electron chi connectivity index (χ1n) is 7.25. The molecule has 8 heteroatoms. The first-order chi connectivity index (χ1) is 12.1. The molecule has 1 heterocycles. The Morgan fingerprint density at radius 3 is 2.56 bits per heavy atom. The molecule has 0 saturated heterocycles. The summed E-state index contributed by atoms with van der Waals surface area (Å²) in [6.45, 7) is 0. The van der Waals surface area contributed by atoms with Crippen LogP contribution in [-0.2, 0) is 0 Å². The lowest BCUT2D eigenvalue weighted by Crippen LogP contribution is -2.13. The molecule has 0 atom stereocenters. The minimum Gasteiger partial charge on any atom is -0.493 e. The summed E-state index contributed by atoms with van der Waals surface area (Å²) in [5, 5.41) is 10.6. The number of nitrogens with zero attached hydrogens (tertiary/aromatic N) is 2. The maximum Gasteiger partial charge on any atom is 0.258 e. The van der Waals surface area contributed by atoms with Gasteiger partial charge in [0.05, 0.1) is 24.8 Å². The number of carbonyl (C=O) groups is 1. The summed E-state index contributed by atoms with van der Waals surface area (Å²) in [5.74, 6) is 0.857. The van der Waals surface area contributed by atoms with Crippen LogP contribution >= 0.6 is 11.6 Å². The molecule has 0 radical (unpaired) electrons. The smallest absolute Gasteiger partial charge is 0.258 e. The maximum atomic E-state index is 12.4. The Morgan fingerprint density at radius 2 is 1.84 bits per heavy atom. The summed E-state index contributed by atoms with van der Waals surface area (Å²) in [4.78, 5) is 12.4. The summed E-state index contributed by atoms with van der Waals surface area (Å²) >= 11 is 6.04. The number of hydrogen-bond acceptors (Lipinski definition) is 6. The maximum absolute atomic E-state index is 12.4. The van der Waals surface area contributed by atoms with Gasteiger partial charge in [-0.3, -0.25) is 4.79 Å². The minimum atomic E-state index is -0.414. The molecule has 2 aromatic carbocycles. The van der Waals surface area contributed by atoms with Crippen molar-refractivity contribution in [3.05, 3.63) is 53.1 Å². The van der Waals surface area contributed by atoms with Crippen LogP contribution in [0.3, 0.4) is 0 Å². The molecule has 25 heavy (non-hydrogen) atoms. The van der Waals surface area contributed by atoms with Crippen molar-refractivity contribution in [1.29, 1.82) is 0 Å². The molecule has 7 nitrogen and oxygen atoms in total. The van der Waals surface area contributed by atoms with E-state index in [2.05, 4.69) is 15.6 Å². The molecule has 1 aromatic heterocycles. The number of rotatable bonds is 5. The lowest BCUT2D eigenvalue weighted by molar-refractivity contribution is 0.102. The van der Waals surface area contributed by atoms with Crippen LogP contribution in [0.4, 0.5) is 5.82 Å². The molecule has 0 aliphatic carbocycles. The molecule has 0 bridgehead atoms. The highest BCUT2D eigenvalue weighted by molar-refractivity contribution is 6.34. The lowest BCUT2D eigenvalue weighted by atomic mass is 10.1. The molecule has 0 aliphatic heterocycles. The largest absolute Gasteiger partial charge is 0.493 e. The minimum absolute atomic E-state index is 0.178. The molecule has 128 valence electrons. The average molecular weight is 360 g/mol. The van der Waals surface area contributed by atoms with Crippen LogP contribution < -0.4 is 14.8 Å². The molecule has 0 aliphatic rings. The molecule has 3 rings (SSSR count). The third kappa shape index (κ3) is 3.41. The average Bonchev–Trinajstić information content (AvgIpc) is 3.09. The molecule has 1 N–H and O–H groups in total. The molecule has 0 saturated carbocycles. The molecule has 3 aromatic rings. The Hall–Kier alpha value is -3.06. The summed E-state index contributed by atoms with van der Waals surface area (Å²) < 4.78 is 15.3. The van der Waals surface area contributed by atoms with Crippen molar-refractivity contribution in [1.82, 2.24) is 10.3 Å². The number of hydrogen-bond donors (Lipinski definition) is 1. The Balaban J connectivity index is 1.91. The van der Waals surface area contributed by atoms with Crippen LogP contribution in [-0.4, -0.2) is 30.4 Å². The van der Waals surface area contributed by atoms with Crippen molar-refractivity contribution in [2.24, 2.45) is 0 Å². The predicted octanol–water partition coefficient (Wildman–Crippen LogP) is 3.66. The highest BCUT2D eigenvalue weighted by Crippen LogP contribution is 2.34. The van der Waals surface area contributed by atoms with E-state index >= 15 is 0 Å². The van der Waals surface area contributed by atoms with Crippen molar-refractivity contribution in [3.63, 3.8) is 0 Å². The second kappa shape index (κ2) is 7.23. The van der Waals surface area contributed by atoms with E-state index in [4.69, 9.17) is 25.7 Å². The Morgan fingerprint density at radius 1 is 1.08 bits per heavy atom. The normalized spacial score (nSPS) is 10.4. The molecule has 0 spiro atoms. The SMILES string of the molecule is COc1ccc(-c2nonc2NC(=O)c2ccccc2Cl)cc1OC. The van der Waals surface area contributed by atoms with Crippen LogP contribution in [0.25, 0.3) is 11.3 Å². The van der Waals surface area contributed by atoms with Gasteiger partial charge in [-0.25, -0.2) is 4.63 Å². The van der Waals surface area contributed by atoms with Gasteiger partial charge in [0, 0.05) is 5.56 Å². The van der Waals surface area contributed by atoms with Crippen LogP contribution in [0.1, 0.15) is 10.4 Å². The van der Waals surface area contributed by atoms with Gasteiger partial charge in [-0.1, -0.05) is 23.7 Å². The lowest BCUT2D eigenvalue weighted by Gasteiger charge is -2.09. The van der Waals surface area contributed by atoms with Gasteiger partial charge in [0.2, 0.25) is 5.82 Å². The Kier molecular flexibility index (Phi) is 4.85. The van der Waals surface area contributed by atoms with E-state index in [0.717, 1.165) is 0 Å². The molecule has 1 amide bonds. The second-order valence-corrected chi connectivity index (χ2v) is 5.37. The summed E-state index contributed by atoms with van der Waals surface area (Å²) in [5.41, 5.74) is 1.33. The standard InChI is InChI=1S/C17H14ClN3O4/c1-23-13-8-7-10(9-14(13)24-2)15-16(21-25-20-15)19-17(22)11-5-3-4-6-12(11)18/h3-9H,1-2H3,(H,19,21,22). The van der Waals surface area contributed by atoms with Crippen LogP contribution in [0.2, 0.25) is 5.02 Å². The number of nitrogens with one attached hydrogen (secondary N) is 1. The van der Waals surface area contributed by atoms with Crippen molar-refractivity contribution in [2.45, 2.75) is 0 Å². The van der Waals surface area contributed by atoms with Gasteiger partial charge >= 0.3 is 0 Å². The van der Waals surface area contributed by atoms with Gasteiger partial charge in [-0.05, 0) is 40.6 Å². The zero-order chi connectivity index (χ0) is 17.8.